The lowest BCUT2D eigenvalue weighted by atomic mass is 9.88. The first-order valence-corrected chi connectivity index (χ1v) is 6.22. The van der Waals surface area contributed by atoms with Crippen LogP contribution in [0.25, 0.3) is 0 Å². The minimum absolute atomic E-state index is 0.0256. The summed E-state index contributed by atoms with van der Waals surface area (Å²) in [5.41, 5.74) is 0. The van der Waals surface area contributed by atoms with Crippen molar-refractivity contribution in [1.82, 2.24) is 10.2 Å². The molecule has 0 spiro atoms. The van der Waals surface area contributed by atoms with Crippen molar-refractivity contribution in [2.45, 2.75) is 19.4 Å². The van der Waals surface area contributed by atoms with Gasteiger partial charge < -0.3 is 15.0 Å². The molecule has 2 rings (SSSR count). The lowest BCUT2D eigenvalue weighted by Crippen LogP contribution is -2.55. The monoisotopic (exact) mass is 237 g/mol. The molecule has 5 nitrogen and oxygen atoms in total. The summed E-state index contributed by atoms with van der Waals surface area (Å²) < 4.78 is 5.35. The van der Waals surface area contributed by atoms with Crippen molar-refractivity contribution in [3.63, 3.8) is 0 Å². The fraction of sp³-hybridized carbons (Fsp3) is 0.833. The van der Waals surface area contributed by atoms with E-state index in [1.54, 1.807) is 4.90 Å². The fourth-order valence-electron chi connectivity index (χ4n) is 2.54. The molecule has 3 unspecified atom stereocenters. The van der Waals surface area contributed by atoms with Crippen LogP contribution in [0.3, 0.4) is 0 Å². The Hall–Kier alpha value is -1.12. The number of nitrogens with zero attached hydrogens (tertiary/aromatic N) is 2. The van der Waals surface area contributed by atoms with Crippen molar-refractivity contribution in [1.29, 1.82) is 5.26 Å². The number of nitrogens with one attached hydrogen (secondary N) is 1. The van der Waals surface area contributed by atoms with Gasteiger partial charge in [0.1, 0.15) is 6.04 Å². The molecule has 1 N–H and O–H groups in total. The van der Waals surface area contributed by atoms with E-state index in [1.807, 2.05) is 6.92 Å². The minimum Gasteiger partial charge on any atom is -0.381 e. The van der Waals surface area contributed by atoms with E-state index in [0.29, 0.717) is 26.3 Å². The number of rotatable bonds is 1. The van der Waals surface area contributed by atoms with Crippen LogP contribution in [-0.2, 0) is 9.53 Å². The largest absolute Gasteiger partial charge is 0.381 e. The van der Waals surface area contributed by atoms with Gasteiger partial charge in [0, 0.05) is 38.8 Å². The maximum absolute atomic E-state index is 12.4. The minimum atomic E-state index is -0.314. The fourth-order valence-corrected chi connectivity index (χ4v) is 2.54. The van der Waals surface area contributed by atoms with Crippen LogP contribution < -0.4 is 5.32 Å². The van der Waals surface area contributed by atoms with Crippen LogP contribution in [0.1, 0.15) is 13.3 Å². The Morgan fingerprint density at radius 3 is 3.12 bits per heavy atom. The predicted octanol–water partition coefficient (Wildman–Crippen LogP) is -0.0170. The molecule has 17 heavy (non-hydrogen) atoms. The van der Waals surface area contributed by atoms with Crippen LogP contribution >= 0.6 is 0 Å². The number of amides is 1. The van der Waals surface area contributed by atoms with Crippen molar-refractivity contribution >= 4 is 5.91 Å². The molecule has 2 heterocycles. The number of hydrogen-bond donors (Lipinski definition) is 1. The Balaban J connectivity index is 2.04. The SMILES string of the molecule is CC1COCCC1C(=O)N1CCNCC1C#N. The van der Waals surface area contributed by atoms with Gasteiger partial charge in [-0.3, -0.25) is 4.79 Å². The van der Waals surface area contributed by atoms with E-state index in [-0.39, 0.29) is 23.8 Å². The highest BCUT2D eigenvalue weighted by atomic mass is 16.5. The molecular weight excluding hydrogens is 218 g/mol. The van der Waals surface area contributed by atoms with Crippen molar-refractivity contribution in [3.8, 4) is 6.07 Å². The topological polar surface area (TPSA) is 65.4 Å². The quantitative estimate of drug-likeness (QED) is 0.696. The maximum Gasteiger partial charge on any atom is 0.227 e. The van der Waals surface area contributed by atoms with Gasteiger partial charge in [0.15, 0.2) is 0 Å². The molecule has 0 aromatic rings. The maximum atomic E-state index is 12.4. The molecule has 0 aromatic carbocycles. The van der Waals surface area contributed by atoms with Crippen molar-refractivity contribution < 1.29 is 9.53 Å². The molecule has 2 aliphatic heterocycles. The number of piperazine rings is 1. The van der Waals surface area contributed by atoms with Crippen LogP contribution in [-0.4, -0.2) is 49.7 Å². The van der Waals surface area contributed by atoms with Gasteiger partial charge in [-0.05, 0) is 12.3 Å². The summed E-state index contributed by atoms with van der Waals surface area (Å²) in [7, 11) is 0. The Morgan fingerprint density at radius 1 is 1.59 bits per heavy atom. The van der Waals surface area contributed by atoms with Crippen LogP contribution in [0, 0.1) is 23.2 Å². The van der Waals surface area contributed by atoms with Gasteiger partial charge in [0.05, 0.1) is 6.07 Å². The van der Waals surface area contributed by atoms with Crippen LogP contribution in [0.2, 0.25) is 0 Å². The first-order chi connectivity index (χ1) is 8.24. The van der Waals surface area contributed by atoms with Gasteiger partial charge in [-0.15, -0.1) is 0 Å². The summed E-state index contributed by atoms with van der Waals surface area (Å²) in [5, 5.41) is 12.2. The third kappa shape index (κ3) is 2.59. The number of nitriles is 1. The van der Waals surface area contributed by atoms with E-state index < -0.39 is 0 Å². The molecular formula is C12H19N3O2. The Kier molecular flexibility index (Phi) is 3.97. The van der Waals surface area contributed by atoms with Crippen LogP contribution in [0.4, 0.5) is 0 Å². The third-order valence-electron chi connectivity index (χ3n) is 3.63. The molecule has 2 fully saturated rings. The summed E-state index contributed by atoms with van der Waals surface area (Å²) in [4.78, 5) is 14.2. The summed E-state index contributed by atoms with van der Waals surface area (Å²) in [5.74, 6) is 0.414. The van der Waals surface area contributed by atoms with E-state index in [4.69, 9.17) is 10.00 Å². The van der Waals surface area contributed by atoms with Crippen LogP contribution in [0.15, 0.2) is 0 Å². The first-order valence-electron chi connectivity index (χ1n) is 6.22. The average molecular weight is 237 g/mol. The van der Waals surface area contributed by atoms with Crippen molar-refractivity contribution in [2.75, 3.05) is 32.8 Å². The molecule has 2 saturated heterocycles. The van der Waals surface area contributed by atoms with E-state index in [0.717, 1.165) is 13.0 Å². The zero-order valence-electron chi connectivity index (χ0n) is 10.2. The van der Waals surface area contributed by atoms with Crippen molar-refractivity contribution in [3.05, 3.63) is 0 Å². The number of carbonyl (C=O) groups is 1. The molecule has 0 radical (unpaired) electrons. The molecule has 2 aliphatic rings. The van der Waals surface area contributed by atoms with Gasteiger partial charge in [-0.25, -0.2) is 0 Å². The first kappa shape index (κ1) is 12.3. The standard InChI is InChI=1S/C12H19N3O2/c1-9-8-17-5-2-11(9)12(16)15-4-3-14-7-10(15)6-13/h9-11,14H,2-5,7-8H2,1H3. The predicted molar refractivity (Wildman–Crippen MR) is 62.1 cm³/mol. The van der Waals surface area contributed by atoms with Crippen molar-refractivity contribution in [2.24, 2.45) is 11.8 Å². The number of carbonyl (C=O) groups excluding carboxylic acids is 1. The summed E-state index contributed by atoms with van der Waals surface area (Å²) >= 11 is 0. The molecule has 0 aliphatic carbocycles. The number of hydrogen-bond acceptors (Lipinski definition) is 4. The highest BCUT2D eigenvalue weighted by molar-refractivity contribution is 5.80. The zero-order valence-corrected chi connectivity index (χ0v) is 10.2. The molecule has 94 valence electrons. The second-order valence-electron chi connectivity index (χ2n) is 4.83. The second kappa shape index (κ2) is 5.48. The highest BCUT2D eigenvalue weighted by Crippen LogP contribution is 2.24. The van der Waals surface area contributed by atoms with Crippen LogP contribution in [0.5, 0.6) is 0 Å². The molecule has 0 bridgehead atoms. The van der Waals surface area contributed by atoms with E-state index in [1.165, 1.54) is 0 Å². The Labute approximate surface area is 102 Å². The highest BCUT2D eigenvalue weighted by Gasteiger charge is 2.35. The van der Waals surface area contributed by atoms with Gasteiger partial charge >= 0.3 is 0 Å². The van der Waals surface area contributed by atoms with Gasteiger partial charge in [-0.2, -0.15) is 5.26 Å². The summed E-state index contributed by atoms with van der Waals surface area (Å²) in [6.45, 7) is 5.36. The Bertz CT molecular complexity index is 326. The second-order valence-corrected chi connectivity index (χ2v) is 4.83. The third-order valence-corrected chi connectivity index (χ3v) is 3.63. The zero-order chi connectivity index (χ0) is 12.3. The summed E-state index contributed by atoms with van der Waals surface area (Å²) in [6.07, 6.45) is 0.780. The Morgan fingerprint density at radius 2 is 2.41 bits per heavy atom. The van der Waals surface area contributed by atoms with E-state index >= 15 is 0 Å². The normalized spacial score (nSPS) is 34.1. The molecule has 1 amide bonds. The molecule has 0 aromatic heterocycles. The van der Waals surface area contributed by atoms with E-state index in [2.05, 4.69) is 11.4 Å². The number of ether oxygens (including phenoxy) is 1. The average Bonchev–Trinajstić information content (AvgIpc) is 2.38. The van der Waals surface area contributed by atoms with Gasteiger partial charge in [0.25, 0.3) is 0 Å². The lowest BCUT2D eigenvalue weighted by molar-refractivity contribution is -0.143. The molecule has 3 atom stereocenters. The van der Waals surface area contributed by atoms with Gasteiger partial charge in [0.2, 0.25) is 5.91 Å². The lowest BCUT2D eigenvalue weighted by Gasteiger charge is -2.37. The smallest absolute Gasteiger partial charge is 0.227 e. The molecule has 5 heteroatoms. The molecule has 0 saturated carbocycles. The summed E-state index contributed by atoms with van der Waals surface area (Å²) in [6, 6.07) is 1.89. The van der Waals surface area contributed by atoms with Gasteiger partial charge in [-0.1, -0.05) is 6.92 Å². The van der Waals surface area contributed by atoms with E-state index in [9.17, 15) is 4.79 Å².